The molecule has 4 heteroatoms. The van der Waals surface area contributed by atoms with E-state index < -0.39 is 5.24 Å². The fraction of sp³-hybridized carbons (Fsp3) is 0.143. The van der Waals surface area contributed by atoms with Crippen LogP contribution in [0.25, 0.3) is 0 Å². The molecule has 0 spiro atoms. The van der Waals surface area contributed by atoms with Gasteiger partial charge in [0.15, 0.2) is 0 Å². The lowest BCUT2D eigenvalue weighted by molar-refractivity contribution is -0.107. The second-order valence-electron chi connectivity index (χ2n) is 1.97. The van der Waals surface area contributed by atoms with Gasteiger partial charge in [-0.3, -0.25) is 4.79 Å². The number of hydrogen-bond acceptors (Lipinski definition) is 2. The number of carbonyl (C=O) groups is 1. The van der Waals surface area contributed by atoms with Gasteiger partial charge in [-0.1, -0.05) is 6.08 Å². The van der Waals surface area contributed by atoms with Crippen molar-refractivity contribution in [2.75, 3.05) is 0 Å². The molecule has 1 rings (SSSR count). The number of nitrogens with zero attached hydrogens (tertiary/aromatic N) is 2. The maximum Gasteiger partial charge on any atom is 0.244 e. The Labute approximate surface area is 69.3 Å². The van der Waals surface area contributed by atoms with Gasteiger partial charge in [0.2, 0.25) is 5.24 Å². The number of rotatable bonds is 3. The summed E-state index contributed by atoms with van der Waals surface area (Å²) in [6.45, 7) is 0.623. The number of carbonyl (C=O) groups excluding carboxylic acids is 1. The number of imidazole rings is 1. The van der Waals surface area contributed by atoms with Gasteiger partial charge in [0.1, 0.15) is 0 Å². The third kappa shape index (κ3) is 3.00. The molecule has 0 radical (unpaired) electrons. The summed E-state index contributed by atoms with van der Waals surface area (Å²) in [5, 5.41) is -0.454. The fourth-order valence-corrected chi connectivity index (χ4v) is 0.751. The van der Waals surface area contributed by atoms with Crippen LogP contribution in [0.5, 0.6) is 0 Å². The number of halogens is 1. The number of aromatic nitrogens is 2. The number of allylic oxidation sites excluding steroid dienone is 2. The third-order valence-electron chi connectivity index (χ3n) is 1.12. The highest BCUT2D eigenvalue weighted by Crippen LogP contribution is 1.88. The van der Waals surface area contributed by atoms with Gasteiger partial charge in [0, 0.05) is 18.9 Å². The third-order valence-corrected chi connectivity index (χ3v) is 1.25. The predicted octanol–water partition coefficient (Wildman–Crippen LogP) is 1.20. The SMILES string of the molecule is O=C(Cl)/C=C/Cn1ccnc1. The van der Waals surface area contributed by atoms with E-state index in [-0.39, 0.29) is 0 Å². The second-order valence-corrected chi connectivity index (χ2v) is 2.34. The molecule has 0 bridgehead atoms. The first-order valence-corrected chi connectivity index (χ1v) is 3.48. The van der Waals surface area contributed by atoms with Gasteiger partial charge in [-0.05, 0) is 17.7 Å². The summed E-state index contributed by atoms with van der Waals surface area (Å²) in [5.41, 5.74) is 0. The monoisotopic (exact) mass is 170 g/mol. The van der Waals surface area contributed by atoms with Crippen molar-refractivity contribution in [2.24, 2.45) is 0 Å². The van der Waals surface area contributed by atoms with E-state index in [1.807, 2.05) is 10.8 Å². The molecule has 0 aliphatic heterocycles. The van der Waals surface area contributed by atoms with E-state index >= 15 is 0 Å². The van der Waals surface area contributed by atoms with E-state index in [1.165, 1.54) is 6.08 Å². The summed E-state index contributed by atoms with van der Waals surface area (Å²) >= 11 is 5.07. The molecule has 0 atom stereocenters. The lowest BCUT2D eigenvalue weighted by Gasteiger charge is -1.91. The Bertz CT molecular complexity index is 253. The van der Waals surface area contributed by atoms with Gasteiger partial charge in [0.05, 0.1) is 6.33 Å². The molecule has 1 aromatic rings. The van der Waals surface area contributed by atoms with Crippen molar-refractivity contribution in [1.29, 1.82) is 0 Å². The summed E-state index contributed by atoms with van der Waals surface area (Å²) in [6.07, 6.45) is 8.15. The van der Waals surface area contributed by atoms with Crippen LogP contribution in [-0.4, -0.2) is 14.8 Å². The molecule has 0 unspecified atom stereocenters. The van der Waals surface area contributed by atoms with E-state index in [9.17, 15) is 4.79 Å². The molecule has 0 N–H and O–H groups in total. The highest BCUT2D eigenvalue weighted by Gasteiger charge is 1.86. The van der Waals surface area contributed by atoms with Gasteiger partial charge in [-0.25, -0.2) is 4.98 Å². The van der Waals surface area contributed by atoms with Crippen LogP contribution in [0.15, 0.2) is 30.9 Å². The Balaban J connectivity index is 2.40. The topological polar surface area (TPSA) is 34.9 Å². The van der Waals surface area contributed by atoms with Gasteiger partial charge in [0.25, 0.3) is 0 Å². The van der Waals surface area contributed by atoms with Gasteiger partial charge in [-0.15, -0.1) is 0 Å². The minimum Gasteiger partial charge on any atom is -0.334 e. The maximum atomic E-state index is 10.2. The smallest absolute Gasteiger partial charge is 0.244 e. The van der Waals surface area contributed by atoms with Crippen LogP contribution >= 0.6 is 11.6 Å². The normalized spacial score (nSPS) is 10.6. The van der Waals surface area contributed by atoms with E-state index in [1.54, 1.807) is 18.6 Å². The zero-order chi connectivity index (χ0) is 8.10. The first kappa shape index (κ1) is 8.01. The minimum absolute atomic E-state index is 0.454. The lowest BCUT2D eigenvalue weighted by Crippen LogP contribution is -1.90. The summed E-state index contributed by atoms with van der Waals surface area (Å²) in [6, 6.07) is 0. The van der Waals surface area contributed by atoms with Crippen LogP contribution < -0.4 is 0 Å². The largest absolute Gasteiger partial charge is 0.334 e. The fourth-order valence-electron chi connectivity index (χ4n) is 0.662. The van der Waals surface area contributed by atoms with Crippen LogP contribution in [0.3, 0.4) is 0 Å². The Kier molecular flexibility index (Phi) is 2.86. The summed E-state index contributed by atoms with van der Waals surface area (Å²) in [4.78, 5) is 14.1. The molecule has 0 saturated heterocycles. The molecule has 0 saturated carbocycles. The highest BCUT2D eigenvalue weighted by atomic mass is 35.5. The highest BCUT2D eigenvalue weighted by molar-refractivity contribution is 6.66. The van der Waals surface area contributed by atoms with E-state index in [0.717, 1.165) is 0 Å². The Hall–Kier alpha value is -1.09. The van der Waals surface area contributed by atoms with Gasteiger partial charge >= 0.3 is 0 Å². The van der Waals surface area contributed by atoms with Crippen molar-refractivity contribution in [3.8, 4) is 0 Å². The molecule has 1 heterocycles. The quantitative estimate of drug-likeness (QED) is 0.505. The Morgan fingerprint density at radius 1 is 1.73 bits per heavy atom. The Morgan fingerprint density at radius 3 is 3.09 bits per heavy atom. The molecule has 0 aliphatic carbocycles. The average Bonchev–Trinajstić information content (AvgIpc) is 2.39. The average molecular weight is 171 g/mol. The van der Waals surface area contributed by atoms with Gasteiger partial charge in [-0.2, -0.15) is 0 Å². The molecule has 58 valence electrons. The molecule has 0 aliphatic rings. The number of hydrogen-bond donors (Lipinski definition) is 0. The van der Waals surface area contributed by atoms with E-state index in [2.05, 4.69) is 4.98 Å². The second kappa shape index (κ2) is 3.93. The van der Waals surface area contributed by atoms with Crippen molar-refractivity contribution in [3.05, 3.63) is 30.9 Å². The predicted molar refractivity (Wildman–Crippen MR) is 42.2 cm³/mol. The van der Waals surface area contributed by atoms with E-state index in [0.29, 0.717) is 6.54 Å². The van der Waals surface area contributed by atoms with Crippen LogP contribution in [0.2, 0.25) is 0 Å². The zero-order valence-electron chi connectivity index (χ0n) is 5.77. The maximum absolute atomic E-state index is 10.2. The lowest BCUT2D eigenvalue weighted by atomic mass is 10.5. The molecule has 11 heavy (non-hydrogen) atoms. The zero-order valence-corrected chi connectivity index (χ0v) is 6.53. The van der Waals surface area contributed by atoms with Crippen molar-refractivity contribution < 1.29 is 4.79 Å². The summed E-state index contributed by atoms with van der Waals surface area (Å²) < 4.78 is 1.83. The van der Waals surface area contributed by atoms with Crippen LogP contribution in [0.4, 0.5) is 0 Å². The molecular weight excluding hydrogens is 164 g/mol. The van der Waals surface area contributed by atoms with E-state index in [4.69, 9.17) is 11.6 Å². The van der Waals surface area contributed by atoms with Crippen molar-refractivity contribution in [3.63, 3.8) is 0 Å². The minimum atomic E-state index is -0.454. The molecule has 0 amide bonds. The van der Waals surface area contributed by atoms with Crippen molar-refractivity contribution in [2.45, 2.75) is 6.54 Å². The molecule has 1 aromatic heterocycles. The molecule has 0 aromatic carbocycles. The summed E-state index contributed by atoms with van der Waals surface area (Å²) in [7, 11) is 0. The standard InChI is InChI=1S/C7H7ClN2O/c8-7(11)2-1-4-10-5-3-9-6-10/h1-3,5-6H,4H2/b2-1+. The summed E-state index contributed by atoms with van der Waals surface area (Å²) in [5.74, 6) is 0. The first-order chi connectivity index (χ1) is 5.29. The first-order valence-electron chi connectivity index (χ1n) is 3.11. The van der Waals surface area contributed by atoms with Crippen molar-refractivity contribution >= 4 is 16.8 Å². The molecular formula is C7H7ClN2O. The van der Waals surface area contributed by atoms with Crippen LogP contribution in [-0.2, 0) is 11.3 Å². The van der Waals surface area contributed by atoms with Crippen LogP contribution in [0, 0.1) is 0 Å². The molecule has 3 nitrogen and oxygen atoms in total. The van der Waals surface area contributed by atoms with Crippen molar-refractivity contribution in [1.82, 2.24) is 9.55 Å². The van der Waals surface area contributed by atoms with Crippen LogP contribution in [0.1, 0.15) is 0 Å². The molecule has 0 fully saturated rings. The Morgan fingerprint density at radius 2 is 2.55 bits per heavy atom. The van der Waals surface area contributed by atoms with Gasteiger partial charge < -0.3 is 4.57 Å².